The summed E-state index contributed by atoms with van der Waals surface area (Å²) in [7, 11) is -0.230. The number of rotatable bonds is 0. The van der Waals surface area contributed by atoms with Crippen LogP contribution in [0.5, 0.6) is 0 Å². The van der Waals surface area contributed by atoms with E-state index in [1.54, 1.807) is 0 Å². The van der Waals surface area contributed by atoms with E-state index in [-0.39, 0.29) is 8.80 Å². The summed E-state index contributed by atoms with van der Waals surface area (Å²) in [6.45, 7) is 2.39. The fraction of sp³-hybridized carbons (Fsp3) is 0.600. The van der Waals surface area contributed by atoms with Gasteiger partial charge in [-0.3, -0.25) is 0 Å². The zero-order chi connectivity index (χ0) is 4.41. The van der Waals surface area contributed by atoms with E-state index in [9.17, 15) is 0 Å². The van der Waals surface area contributed by atoms with Crippen molar-refractivity contribution in [2.75, 3.05) is 0 Å². The van der Waals surface area contributed by atoms with E-state index in [4.69, 9.17) is 0 Å². The highest BCUT2D eigenvalue weighted by Gasteiger charge is 2.00. The van der Waals surface area contributed by atoms with Gasteiger partial charge in [-0.05, 0) is 6.42 Å². The largest absolute Gasteiger partial charge is 0.102 e. The molecule has 1 aliphatic heterocycles. The van der Waals surface area contributed by atoms with Gasteiger partial charge in [0.15, 0.2) is 0 Å². The van der Waals surface area contributed by atoms with Crippen LogP contribution in [0.4, 0.5) is 0 Å². The molecule has 34 valence electrons. The van der Waals surface area contributed by atoms with Crippen molar-refractivity contribution in [2.24, 2.45) is 0 Å². The molecule has 0 amide bonds. The highest BCUT2D eigenvalue weighted by molar-refractivity contribution is 6.63. The molecular formula is C5H10Si. The van der Waals surface area contributed by atoms with Crippen LogP contribution in [0.1, 0.15) is 6.42 Å². The third kappa shape index (κ3) is 0.715. The zero-order valence-corrected chi connectivity index (χ0v) is 5.30. The Hall–Kier alpha value is -0.0431. The fourth-order valence-electron chi connectivity index (χ4n) is 0.784. The summed E-state index contributed by atoms with van der Waals surface area (Å²) in [5, 5.41) is 0. The molecule has 0 N–H and O–H groups in total. The lowest BCUT2D eigenvalue weighted by molar-refractivity contribution is 1.23. The Bertz CT molecular complexity index is 66.3. The Morgan fingerprint density at radius 2 is 2.50 bits per heavy atom. The third-order valence-corrected chi connectivity index (χ3v) is 3.43. The van der Waals surface area contributed by atoms with Crippen LogP contribution in [0.15, 0.2) is 11.8 Å². The molecule has 1 heteroatoms. The highest BCUT2D eigenvalue weighted by atomic mass is 28.3. The van der Waals surface area contributed by atoms with Gasteiger partial charge in [0.2, 0.25) is 0 Å². The summed E-state index contributed by atoms with van der Waals surface area (Å²) in [5.74, 6) is 0. The summed E-state index contributed by atoms with van der Waals surface area (Å²) in [6.07, 6.45) is 3.68. The van der Waals surface area contributed by atoms with Crippen LogP contribution in [0.25, 0.3) is 0 Å². The van der Waals surface area contributed by atoms with Crippen LogP contribution in [0, 0.1) is 0 Å². The molecule has 0 fully saturated rings. The standard InChI is InChI=1S/C5H10Si/c1-6-4-2-3-5-6/h2,4,6H,3,5H2,1H3. The molecule has 1 rings (SSSR count). The van der Waals surface area contributed by atoms with Crippen molar-refractivity contribution in [3.8, 4) is 0 Å². The Morgan fingerprint density at radius 3 is 2.67 bits per heavy atom. The van der Waals surface area contributed by atoms with Gasteiger partial charge < -0.3 is 0 Å². The molecule has 0 aromatic heterocycles. The summed E-state index contributed by atoms with van der Waals surface area (Å²) in [4.78, 5) is 0. The van der Waals surface area contributed by atoms with Crippen LogP contribution in [0.2, 0.25) is 12.6 Å². The molecule has 0 saturated carbocycles. The van der Waals surface area contributed by atoms with E-state index in [0.29, 0.717) is 0 Å². The van der Waals surface area contributed by atoms with Crippen molar-refractivity contribution < 1.29 is 0 Å². The second-order valence-electron chi connectivity index (χ2n) is 1.98. The van der Waals surface area contributed by atoms with Gasteiger partial charge >= 0.3 is 0 Å². The van der Waals surface area contributed by atoms with Crippen LogP contribution in [-0.2, 0) is 0 Å². The number of hydrogen-bond donors (Lipinski definition) is 0. The van der Waals surface area contributed by atoms with E-state index >= 15 is 0 Å². The van der Waals surface area contributed by atoms with Crippen molar-refractivity contribution in [3.05, 3.63) is 11.8 Å². The molecule has 0 spiro atoms. The van der Waals surface area contributed by atoms with Gasteiger partial charge in [-0.15, -0.1) is 5.70 Å². The van der Waals surface area contributed by atoms with E-state index in [0.717, 1.165) is 0 Å². The average molecular weight is 98.2 g/mol. The third-order valence-electron chi connectivity index (χ3n) is 1.25. The number of allylic oxidation sites excluding steroid dienone is 1. The quantitative estimate of drug-likeness (QED) is 0.401. The first-order valence-corrected chi connectivity index (χ1v) is 5.20. The lowest BCUT2D eigenvalue weighted by Crippen LogP contribution is -1.93. The van der Waals surface area contributed by atoms with E-state index in [1.807, 2.05) is 0 Å². The second-order valence-corrected chi connectivity index (χ2v) is 4.90. The summed E-state index contributed by atoms with van der Waals surface area (Å²) < 4.78 is 0. The lowest BCUT2D eigenvalue weighted by atomic mass is 10.5. The van der Waals surface area contributed by atoms with Gasteiger partial charge in [0.05, 0.1) is 8.80 Å². The Labute approximate surface area is 40.5 Å². The van der Waals surface area contributed by atoms with Gasteiger partial charge in [-0.1, -0.05) is 18.7 Å². The lowest BCUT2D eigenvalue weighted by Gasteiger charge is -1.86. The topological polar surface area (TPSA) is 0 Å². The first kappa shape index (κ1) is 4.12. The predicted molar refractivity (Wildman–Crippen MR) is 31.6 cm³/mol. The van der Waals surface area contributed by atoms with E-state index in [1.165, 1.54) is 12.5 Å². The maximum Gasteiger partial charge on any atom is 0.0583 e. The van der Waals surface area contributed by atoms with Crippen molar-refractivity contribution in [3.63, 3.8) is 0 Å². The maximum atomic E-state index is 2.42. The molecule has 0 aromatic carbocycles. The van der Waals surface area contributed by atoms with Crippen LogP contribution in [0.3, 0.4) is 0 Å². The smallest absolute Gasteiger partial charge is 0.0583 e. The van der Waals surface area contributed by atoms with Crippen molar-refractivity contribution in [1.29, 1.82) is 0 Å². The molecule has 0 saturated heterocycles. The minimum atomic E-state index is -0.230. The monoisotopic (exact) mass is 98.1 g/mol. The second kappa shape index (κ2) is 1.60. The summed E-state index contributed by atoms with van der Waals surface area (Å²) >= 11 is 0. The highest BCUT2D eigenvalue weighted by Crippen LogP contribution is 2.07. The molecule has 0 bridgehead atoms. The minimum absolute atomic E-state index is 0.230. The number of hydrogen-bond acceptors (Lipinski definition) is 0. The van der Waals surface area contributed by atoms with Gasteiger partial charge in [0, 0.05) is 0 Å². The van der Waals surface area contributed by atoms with Gasteiger partial charge in [-0.25, -0.2) is 0 Å². The van der Waals surface area contributed by atoms with Gasteiger partial charge in [0.1, 0.15) is 0 Å². The molecule has 0 radical (unpaired) electrons. The SMILES string of the molecule is C[SiH]1C=CCC1. The first-order valence-electron chi connectivity index (χ1n) is 2.56. The van der Waals surface area contributed by atoms with Crippen molar-refractivity contribution in [2.45, 2.75) is 19.0 Å². The van der Waals surface area contributed by atoms with E-state index < -0.39 is 0 Å². The van der Waals surface area contributed by atoms with E-state index in [2.05, 4.69) is 18.3 Å². The first-order chi connectivity index (χ1) is 2.89. The Morgan fingerprint density at radius 1 is 1.67 bits per heavy atom. The van der Waals surface area contributed by atoms with Crippen LogP contribution < -0.4 is 0 Å². The molecule has 1 atom stereocenters. The zero-order valence-electron chi connectivity index (χ0n) is 4.15. The Balaban J connectivity index is 2.38. The van der Waals surface area contributed by atoms with Crippen LogP contribution >= 0.6 is 0 Å². The average Bonchev–Trinajstić information content (AvgIpc) is 1.86. The van der Waals surface area contributed by atoms with Crippen LogP contribution in [-0.4, -0.2) is 8.80 Å². The molecule has 0 nitrogen and oxygen atoms in total. The van der Waals surface area contributed by atoms with Crippen molar-refractivity contribution >= 4 is 8.80 Å². The molecule has 1 heterocycles. The summed E-state index contributed by atoms with van der Waals surface area (Å²) in [6, 6.07) is 1.51. The fourth-order valence-corrected chi connectivity index (χ4v) is 2.35. The van der Waals surface area contributed by atoms with Gasteiger partial charge in [-0.2, -0.15) is 0 Å². The molecule has 1 unspecified atom stereocenters. The Kier molecular flexibility index (Phi) is 1.10. The molecule has 6 heavy (non-hydrogen) atoms. The molecular weight excluding hydrogens is 88.1 g/mol. The van der Waals surface area contributed by atoms with Gasteiger partial charge in [0.25, 0.3) is 0 Å². The predicted octanol–water partition coefficient (Wildman–Crippen LogP) is 1.34. The normalized spacial score (nSPS) is 31.8. The maximum absolute atomic E-state index is 2.42. The van der Waals surface area contributed by atoms with Crippen molar-refractivity contribution in [1.82, 2.24) is 0 Å². The minimum Gasteiger partial charge on any atom is -0.102 e. The molecule has 0 aromatic rings. The molecule has 0 aliphatic carbocycles. The molecule has 1 aliphatic rings. The summed E-state index contributed by atoms with van der Waals surface area (Å²) in [5.41, 5.74) is 2.42.